The summed E-state index contributed by atoms with van der Waals surface area (Å²) in [7, 11) is 2.14. The van der Waals surface area contributed by atoms with Crippen molar-refractivity contribution in [1.29, 1.82) is 0 Å². The fourth-order valence-electron chi connectivity index (χ4n) is 2.45. The van der Waals surface area contributed by atoms with Gasteiger partial charge in [0.2, 0.25) is 0 Å². The number of hydrogen-bond donors (Lipinski definition) is 0. The van der Waals surface area contributed by atoms with Gasteiger partial charge in [0, 0.05) is 16.4 Å². The highest BCUT2D eigenvalue weighted by Crippen LogP contribution is 2.33. The molecule has 2 aromatic rings. The van der Waals surface area contributed by atoms with E-state index in [-0.39, 0.29) is 6.04 Å². The first kappa shape index (κ1) is 16.8. The second-order valence-electron chi connectivity index (χ2n) is 5.13. The van der Waals surface area contributed by atoms with E-state index in [9.17, 15) is 0 Å². The number of rotatable bonds is 6. The van der Waals surface area contributed by atoms with Gasteiger partial charge in [0.1, 0.15) is 5.01 Å². The summed E-state index contributed by atoms with van der Waals surface area (Å²) in [5.41, 5.74) is 2.18. The van der Waals surface area contributed by atoms with E-state index in [2.05, 4.69) is 36.8 Å². The Kier molecular flexibility index (Phi) is 6.06. The minimum absolute atomic E-state index is 0.275. The Labute approximate surface area is 140 Å². The molecule has 2 nitrogen and oxygen atoms in total. The molecule has 114 valence electrons. The molecule has 0 saturated carbocycles. The van der Waals surface area contributed by atoms with E-state index in [0.717, 1.165) is 22.1 Å². The minimum Gasteiger partial charge on any atom is -0.290 e. The molecule has 0 aliphatic carbocycles. The lowest BCUT2D eigenvalue weighted by Crippen LogP contribution is -2.27. The number of benzene rings is 1. The predicted molar refractivity (Wildman–Crippen MR) is 92.3 cm³/mol. The zero-order chi connectivity index (χ0) is 15.4. The summed E-state index contributed by atoms with van der Waals surface area (Å²) in [4.78, 5) is 6.98. The topological polar surface area (TPSA) is 16.1 Å². The van der Waals surface area contributed by atoms with Crippen molar-refractivity contribution >= 4 is 34.5 Å². The maximum Gasteiger partial charge on any atom is 0.110 e. The highest BCUT2D eigenvalue weighted by molar-refractivity contribution is 7.09. The molecule has 2 rings (SSSR count). The lowest BCUT2D eigenvalue weighted by Gasteiger charge is -2.31. The molecule has 5 heteroatoms. The summed E-state index contributed by atoms with van der Waals surface area (Å²) < 4.78 is 0. The van der Waals surface area contributed by atoms with E-state index in [4.69, 9.17) is 23.2 Å². The zero-order valence-corrected chi connectivity index (χ0v) is 14.8. The fourth-order valence-corrected chi connectivity index (χ4v) is 3.93. The molecule has 0 bridgehead atoms. The summed E-state index contributed by atoms with van der Waals surface area (Å²) in [5, 5.41) is 3.95. The Balaban J connectivity index is 2.21. The highest BCUT2D eigenvalue weighted by Gasteiger charge is 2.23. The van der Waals surface area contributed by atoms with Crippen LogP contribution in [-0.2, 0) is 5.88 Å². The molecule has 21 heavy (non-hydrogen) atoms. The van der Waals surface area contributed by atoms with Crippen LogP contribution in [0.1, 0.15) is 48.6 Å². The van der Waals surface area contributed by atoms with Gasteiger partial charge in [-0.3, -0.25) is 4.90 Å². The predicted octanol–water partition coefficient (Wildman–Crippen LogP) is 5.68. The van der Waals surface area contributed by atoms with E-state index < -0.39 is 0 Å². The average Bonchev–Trinajstić information content (AvgIpc) is 2.96. The van der Waals surface area contributed by atoms with Crippen molar-refractivity contribution in [2.75, 3.05) is 7.05 Å². The molecule has 0 radical (unpaired) electrons. The van der Waals surface area contributed by atoms with Gasteiger partial charge in [0.15, 0.2) is 0 Å². The number of thiazole rings is 1. The Morgan fingerprint density at radius 1 is 1.38 bits per heavy atom. The quantitative estimate of drug-likeness (QED) is 0.627. The van der Waals surface area contributed by atoms with Crippen LogP contribution in [0, 0.1) is 0 Å². The van der Waals surface area contributed by atoms with Crippen molar-refractivity contribution in [2.45, 2.75) is 38.2 Å². The minimum atomic E-state index is 0.275. The first-order valence-electron chi connectivity index (χ1n) is 7.04. The number of hydrogen-bond acceptors (Lipinski definition) is 3. The van der Waals surface area contributed by atoms with Gasteiger partial charge in [-0.25, -0.2) is 4.98 Å². The lowest BCUT2D eigenvalue weighted by atomic mass is 10.0. The van der Waals surface area contributed by atoms with Crippen LogP contribution in [0.4, 0.5) is 0 Å². The van der Waals surface area contributed by atoms with Crippen molar-refractivity contribution in [3.05, 3.63) is 50.9 Å². The fraction of sp³-hybridized carbons (Fsp3) is 0.438. The van der Waals surface area contributed by atoms with Gasteiger partial charge >= 0.3 is 0 Å². The standard InChI is InChI=1S/C16H20Cl2N2S/c1-4-15(16-19-14(9-17)10-21-16)20(3)11(2)12-6-5-7-13(18)8-12/h5-8,10-11,15H,4,9H2,1-3H3. The summed E-state index contributed by atoms with van der Waals surface area (Å²) in [6.45, 7) is 4.39. The molecule has 0 amide bonds. The smallest absolute Gasteiger partial charge is 0.110 e. The second-order valence-corrected chi connectivity index (χ2v) is 6.72. The Bertz CT molecular complexity index is 585. The third-order valence-corrected chi connectivity index (χ3v) is 5.32. The van der Waals surface area contributed by atoms with Crippen molar-refractivity contribution in [3.63, 3.8) is 0 Å². The van der Waals surface area contributed by atoms with Crippen LogP contribution in [0.25, 0.3) is 0 Å². The van der Waals surface area contributed by atoms with E-state index >= 15 is 0 Å². The summed E-state index contributed by atoms with van der Waals surface area (Å²) in [6, 6.07) is 8.62. The van der Waals surface area contributed by atoms with Gasteiger partial charge in [0.05, 0.1) is 17.6 Å². The van der Waals surface area contributed by atoms with Gasteiger partial charge in [-0.05, 0) is 38.1 Å². The maximum atomic E-state index is 6.10. The third-order valence-electron chi connectivity index (χ3n) is 3.81. The molecule has 0 fully saturated rings. The van der Waals surface area contributed by atoms with E-state index in [0.29, 0.717) is 11.9 Å². The van der Waals surface area contributed by atoms with Crippen LogP contribution in [0.5, 0.6) is 0 Å². The molecule has 0 saturated heterocycles. The SMILES string of the molecule is CCC(c1nc(CCl)cs1)N(C)C(C)c1cccc(Cl)c1. The van der Waals surface area contributed by atoms with Crippen LogP contribution in [0.2, 0.25) is 5.02 Å². The molecular weight excluding hydrogens is 323 g/mol. The Hall–Kier alpha value is -0.610. The van der Waals surface area contributed by atoms with Gasteiger partial charge in [-0.1, -0.05) is 30.7 Å². The molecule has 0 aliphatic rings. The first-order valence-corrected chi connectivity index (χ1v) is 8.83. The molecule has 0 aliphatic heterocycles. The molecular formula is C16H20Cl2N2S. The van der Waals surface area contributed by atoms with Gasteiger partial charge in [-0.15, -0.1) is 22.9 Å². The Morgan fingerprint density at radius 2 is 2.14 bits per heavy atom. The number of alkyl halides is 1. The van der Waals surface area contributed by atoms with Crippen molar-refractivity contribution in [3.8, 4) is 0 Å². The normalized spacial score (nSPS) is 14.4. The maximum absolute atomic E-state index is 6.10. The second kappa shape index (κ2) is 7.59. The molecule has 1 aromatic heterocycles. The van der Waals surface area contributed by atoms with Crippen LogP contribution >= 0.6 is 34.5 Å². The largest absolute Gasteiger partial charge is 0.290 e. The number of nitrogens with zero attached hydrogens (tertiary/aromatic N) is 2. The van der Waals surface area contributed by atoms with Gasteiger partial charge in [-0.2, -0.15) is 0 Å². The highest BCUT2D eigenvalue weighted by atomic mass is 35.5. The molecule has 1 heterocycles. The van der Waals surface area contributed by atoms with Gasteiger partial charge < -0.3 is 0 Å². The van der Waals surface area contributed by atoms with Crippen LogP contribution in [0.15, 0.2) is 29.6 Å². The first-order chi connectivity index (χ1) is 10.1. The number of halogens is 2. The molecule has 2 atom stereocenters. The van der Waals surface area contributed by atoms with Crippen molar-refractivity contribution in [1.82, 2.24) is 9.88 Å². The Morgan fingerprint density at radius 3 is 2.71 bits per heavy atom. The van der Waals surface area contributed by atoms with Crippen LogP contribution in [0.3, 0.4) is 0 Å². The van der Waals surface area contributed by atoms with Crippen LogP contribution < -0.4 is 0 Å². The monoisotopic (exact) mass is 342 g/mol. The molecule has 0 N–H and O–H groups in total. The van der Waals surface area contributed by atoms with Crippen molar-refractivity contribution in [2.24, 2.45) is 0 Å². The zero-order valence-electron chi connectivity index (χ0n) is 12.5. The molecule has 2 unspecified atom stereocenters. The average molecular weight is 343 g/mol. The molecule has 0 spiro atoms. The summed E-state index contributed by atoms with van der Waals surface area (Å²) in [5.74, 6) is 0.473. The summed E-state index contributed by atoms with van der Waals surface area (Å²) >= 11 is 13.6. The van der Waals surface area contributed by atoms with Crippen LogP contribution in [-0.4, -0.2) is 16.9 Å². The lowest BCUT2D eigenvalue weighted by molar-refractivity contribution is 0.180. The molecule has 1 aromatic carbocycles. The van der Waals surface area contributed by atoms with E-state index in [1.807, 2.05) is 23.6 Å². The van der Waals surface area contributed by atoms with Crippen molar-refractivity contribution < 1.29 is 0 Å². The van der Waals surface area contributed by atoms with E-state index in [1.54, 1.807) is 11.3 Å². The summed E-state index contributed by atoms with van der Waals surface area (Å²) in [6.07, 6.45) is 1.01. The van der Waals surface area contributed by atoms with Gasteiger partial charge in [0.25, 0.3) is 0 Å². The number of aromatic nitrogens is 1. The third kappa shape index (κ3) is 3.98. The van der Waals surface area contributed by atoms with E-state index in [1.165, 1.54) is 5.56 Å².